The molecule has 10 heteroatoms. The number of amides is 2. The van der Waals surface area contributed by atoms with Crippen LogP contribution in [0.15, 0.2) is 23.6 Å². The number of thiazole rings is 1. The van der Waals surface area contributed by atoms with E-state index in [1.54, 1.807) is 35.4 Å². The maximum atomic E-state index is 12.4. The Morgan fingerprint density at radius 3 is 2.69 bits per heavy atom. The number of piperidine rings is 1. The molecule has 0 atom stereocenters. The Morgan fingerprint density at radius 1 is 1.25 bits per heavy atom. The number of aromatic nitrogens is 1. The summed E-state index contributed by atoms with van der Waals surface area (Å²) in [5.74, 6) is -0.676. The van der Waals surface area contributed by atoms with Crippen LogP contribution in [0.4, 0.5) is 5.69 Å². The molecular weight excluding hydrogens is 454 g/mol. The number of rotatable bonds is 8. The molecule has 32 heavy (non-hydrogen) atoms. The zero-order valence-corrected chi connectivity index (χ0v) is 19.6. The van der Waals surface area contributed by atoms with Gasteiger partial charge in [-0.3, -0.25) is 9.59 Å². The molecule has 1 aromatic heterocycles. The first-order valence-electron chi connectivity index (χ1n) is 10.4. The summed E-state index contributed by atoms with van der Waals surface area (Å²) in [7, 11) is 0. The van der Waals surface area contributed by atoms with Gasteiger partial charge in [0.15, 0.2) is 5.69 Å². The van der Waals surface area contributed by atoms with Gasteiger partial charge in [-0.2, -0.15) is 0 Å². The lowest BCUT2D eigenvalue weighted by atomic mass is 9.97. The molecule has 1 aliphatic heterocycles. The molecule has 0 radical (unpaired) electrons. The predicted octanol–water partition coefficient (Wildman–Crippen LogP) is 3.64. The Hall–Kier alpha value is -2.49. The van der Waals surface area contributed by atoms with Crippen molar-refractivity contribution < 1.29 is 23.9 Å². The van der Waals surface area contributed by atoms with Crippen LogP contribution >= 0.6 is 22.9 Å². The quantitative estimate of drug-likeness (QED) is 0.580. The molecule has 2 amide bonds. The van der Waals surface area contributed by atoms with E-state index in [0.717, 1.165) is 23.4 Å². The molecule has 1 aromatic carbocycles. The van der Waals surface area contributed by atoms with Crippen molar-refractivity contribution in [3.63, 3.8) is 0 Å². The van der Waals surface area contributed by atoms with E-state index < -0.39 is 5.97 Å². The van der Waals surface area contributed by atoms with Crippen LogP contribution in [0.1, 0.15) is 46.7 Å². The van der Waals surface area contributed by atoms with Gasteiger partial charge in [-0.15, -0.1) is 11.3 Å². The summed E-state index contributed by atoms with van der Waals surface area (Å²) in [4.78, 5) is 42.4. The van der Waals surface area contributed by atoms with Crippen molar-refractivity contribution in [2.24, 2.45) is 0 Å². The molecule has 2 aromatic rings. The Bertz CT molecular complexity index is 972. The van der Waals surface area contributed by atoms with Gasteiger partial charge in [-0.25, -0.2) is 9.78 Å². The summed E-state index contributed by atoms with van der Waals surface area (Å²) >= 11 is 7.36. The number of esters is 1. The number of hydrogen-bond donors (Lipinski definition) is 1. The molecule has 172 valence electrons. The Labute approximate surface area is 195 Å². The third kappa shape index (κ3) is 6.51. The lowest BCUT2D eigenvalue weighted by Crippen LogP contribution is -2.40. The number of halogens is 1. The molecule has 1 N–H and O–H groups in total. The second-order valence-electron chi connectivity index (χ2n) is 7.45. The summed E-state index contributed by atoms with van der Waals surface area (Å²) < 4.78 is 10.3. The predicted molar refractivity (Wildman–Crippen MR) is 122 cm³/mol. The number of likely N-dealkylation sites (tertiary alicyclic amines) is 1. The van der Waals surface area contributed by atoms with Crippen molar-refractivity contribution in [3.8, 4) is 0 Å². The first kappa shape index (κ1) is 24.2. The average Bonchev–Trinajstić information content (AvgIpc) is 3.26. The lowest BCUT2D eigenvalue weighted by molar-refractivity contribution is -0.138. The van der Waals surface area contributed by atoms with Crippen LogP contribution in [0.2, 0.25) is 5.02 Å². The van der Waals surface area contributed by atoms with Gasteiger partial charge in [0.25, 0.3) is 0 Å². The van der Waals surface area contributed by atoms with Crippen LogP contribution in [0.25, 0.3) is 0 Å². The van der Waals surface area contributed by atoms with E-state index in [2.05, 4.69) is 10.3 Å². The molecule has 0 saturated carbocycles. The second kappa shape index (κ2) is 11.4. The van der Waals surface area contributed by atoms with E-state index in [9.17, 15) is 14.4 Å². The van der Waals surface area contributed by atoms with Gasteiger partial charge >= 0.3 is 5.97 Å². The molecule has 0 spiro atoms. The number of hydrogen-bond acceptors (Lipinski definition) is 7. The molecule has 1 saturated heterocycles. The largest absolute Gasteiger partial charge is 0.461 e. The topological polar surface area (TPSA) is 97.8 Å². The van der Waals surface area contributed by atoms with E-state index in [1.165, 1.54) is 11.3 Å². The highest BCUT2D eigenvalue weighted by Gasteiger charge is 2.26. The number of carbonyl (C=O) groups excluding carboxylic acids is 3. The monoisotopic (exact) mass is 479 g/mol. The molecule has 2 heterocycles. The minimum absolute atomic E-state index is 0.148. The highest BCUT2D eigenvalue weighted by atomic mass is 35.5. The molecule has 0 unspecified atom stereocenters. The fourth-order valence-corrected chi connectivity index (χ4v) is 4.61. The number of nitrogens with zero attached hydrogens (tertiary/aromatic N) is 2. The standard InChI is InChI=1S/C22H26ClN3O5S/c1-3-31-22(29)18-13-32-21(25-18)15-6-8-26(9-7-15)20(28)12-30-11-19(27)24-17-5-4-16(23)10-14(17)2/h4-5,10,13,15H,3,6-9,11-12H2,1-2H3,(H,24,27). The zero-order chi connectivity index (χ0) is 23.1. The molecular formula is C22H26ClN3O5S. The number of benzene rings is 1. The van der Waals surface area contributed by atoms with E-state index in [0.29, 0.717) is 36.1 Å². The fraction of sp³-hybridized carbons (Fsp3) is 0.455. The van der Waals surface area contributed by atoms with Gasteiger partial charge in [0.05, 0.1) is 11.6 Å². The first-order chi connectivity index (χ1) is 15.4. The molecule has 8 nitrogen and oxygen atoms in total. The van der Waals surface area contributed by atoms with Gasteiger partial charge in [0.2, 0.25) is 11.8 Å². The van der Waals surface area contributed by atoms with Crippen molar-refractivity contribution >= 4 is 46.4 Å². The highest BCUT2D eigenvalue weighted by molar-refractivity contribution is 7.09. The van der Waals surface area contributed by atoms with E-state index in [4.69, 9.17) is 21.1 Å². The summed E-state index contributed by atoms with van der Waals surface area (Å²) in [5.41, 5.74) is 1.84. The minimum Gasteiger partial charge on any atom is -0.461 e. The number of carbonyl (C=O) groups is 3. The van der Waals surface area contributed by atoms with E-state index in [-0.39, 0.29) is 30.9 Å². The third-order valence-corrected chi connectivity index (χ3v) is 6.37. The molecule has 0 aliphatic carbocycles. The van der Waals surface area contributed by atoms with Crippen molar-refractivity contribution in [3.05, 3.63) is 44.9 Å². The van der Waals surface area contributed by atoms with Crippen LogP contribution in [0, 0.1) is 6.92 Å². The first-order valence-corrected chi connectivity index (χ1v) is 11.7. The smallest absolute Gasteiger partial charge is 0.357 e. The average molecular weight is 480 g/mol. The minimum atomic E-state index is -0.407. The van der Waals surface area contributed by atoms with Crippen molar-refractivity contribution in [2.75, 3.05) is 38.2 Å². The van der Waals surface area contributed by atoms with Crippen LogP contribution in [0.3, 0.4) is 0 Å². The summed E-state index contributed by atoms with van der Waals surface area (Å²) in [5, 5.41) is 5.96. The summed E-state index contributed by atoms with van der Waals surface area (Å²) in [6.07, 6.45) is 1.52. The van der Waals surface area contributed by atoms with Crippen LogP contribution in [-0.4, -0.2) is 60.6 Å². The number of aryl methyl sites for hydroxylation is 1. The van der Waals surface area contributed by atoms with Gasteiger partial charge in [-0.1, -0.05) is 11.6 Å². The SMILES string of the molecule is CCOC(=O)c1csc(C2CCN(C(=O)COCC(=O)Nc3ccc(Cl)cc3C)CC2)n1. The third-order valence-electron chi connectivity index (χ3n) is 5.12. The highest BCUT2D eigenvalue weighted by Crippen LogP contribution is 2.30. The summed E-state index contributed by atoms with van der Waals surface area (Å²) in [6.45, 7) is 4.72. The van der Waals surface area contributed by atoms with Crippen molar-refractivity contribution in [2.45, 2.75) is 32.6 Å². The van der Waals surface area contributed by atoms with Gasteiger partial charge in [0.1, 0.15) is 13.2 Å². The van der Waals surface area contributed by atoms with Crippen molar-refractivity contribution in [1.29, 1.82) is 0 Å². The molecule has 3 rings (SSSR count). The second-order valence-corrected chi connectivity index (χ2v) is 8.77. The Balaban J connectivity index is 1.39. The van der Waals surface area contributed by atoms with Gasteiger partial charge < -0.3 is 19.7 Å². The van der Waals surface area contributed by atoms with Crippen LogP contribution < -0.4 is 5.32 Å². The lowest BCUT2D eigenvalue weighted by Gasteiger charge is -2.31. The fourth-order valence-electron chi connectivity index (χ4n) is 3.43. The maximum Gasteiger partial charge on any atom is 0.357 e. The Morgan fingerprint density at radius 2 is 2.00 bits per heavy atom. The molecule has 1 aliphatic rings. The number of ether oxygens (including phenoxy) is 2. The zero-order valence-electron chi connectivity index (χ0n) is 18.1. The molecule has 0 bridgehead atoms. The van der Waals surface area contributed by atoms with Crippen molar-refractivity contribution in [1.82, 2.24) is 9.88 Å². The molecule has 1 fully saturated rings. The number of nitrogens with one attached hydrogen (secondary N) is 1. The van der Waals surface area contributed by atoms with Gasteiger partial charge in [-0.05, 0) is 50.5 Å². The van der Waals surface area contributed by atoms with Crippen LogP contribution in [-0.2, 0) is 19.1 Å². The van der Waals surface area contributed by atoms with Crippen LogP contribution in [0.5, 0.6) is 0 Å². The number of anilines is 1. The van der Waals surface area contributed by atoms with E-state index in [1.807, 2.05) is 6.92 Å². The van der Waals surface area contributed by atoms with E-state index >= 15 is 0 Å². The maximum absolute atomic E-state index is 12.4. The summed E-state index contributed by atoms with van der Waals surface area (Å²) in [6, 6.07) is 5.18. The normalized spacial score (nSPS) is 14.3. The Kier molecular flexibility index (Phi) is 8.60. The van der Waals surface area contributed by atoms with Gasteiger partial charge in [0, 0.05) is 35.1 Å².